The summed E-state index contributed by atoms with van der Waals surface area (Å²) in [6.07, 6.45) is 3.81. The number of pyridine rings is 1. The first kappa shape index (κ1) is 24.2. The Labute approximate surface area is 212 Å². The van der Waals surface area contributed by atoms with E-state index in [4.69, 9.17) is 4.98 Å². The quantitative estimate of drug-likeness (QED) is 0.367. The summed E-state index contributed by atoms with van der Waals surface area (Å²) in [5, 5.41) is 8.52. The van der Waals surface area contributed by atoms with E-state index in [1.807, 2.05) is 59.3 Å². The van der Waals surface area contributed by atoms with Crippen LogP contribution in [-0.4, -0.2) is 76.8 Å². The van der Waals surface area contributed by atoms with Crippen LogP contribution in [0, 0.1) is 0 Å². The van der Waals surface area contributed by atoms with Crippen molar-refractivity contribution < 1.29 is 4.79 Å². The van der Waals surface area contributed by atoms with Gasteiger partial charge in [-0.1, -0.05) is 60.7 Å². The number of rotatable bonds is 9. The summed E-state index contributed by atoms with van der Waals surface area (Å²) in [4.78, 5) is 23.1. The second-order valence-electron chi connectivity index (χ2n) is 9.55. The van der Waals surface area contributed by atoms with E-state index in [-0.39, 0.29) is 5.91 Å². The smallest absolute Gasteiger partial charge is 0.252 e. The van der Waals surface area contributed by atoms with Gasteiger partial charge in [-0.3, -0.25) is 4.79 Å². The highest BCUT2D eigenvalue weighted by Gasteiger charge is 2.18. The highest BCUT2D eigenvalue weighted by Crippen LogP contribution is 2.25. The number of amides is 1. The normalized spacial score (nSPS) is 14.8. The first-order valence-corrected chi connectivity index (χ1v) is 12.8. The third-order valence-electron chi connectivity index (χ3n) is 6.88. The van der Waals surface area contributed by atoms with Gasteiger partial charge in [0.05, 0.1) is 29.4 Å². The summed E-state index contributed by atoms with van der Waals surface area (Å²) < 4.78 is 1.88. The number of carbonyl (C=O) groups is 1. The second-order valence-corrected chi connectivity index (χ2v) is 9.55. The van der Waals surface area contributed by atoms with Crippen LogP contribution in [0.15, 0.2) is 72.9 Å². The number of likely N-dealkylation sites (N-methyl/N-ethyl adjacent to an activating group) is 1. The molecule has 0 unspecified atom stereocenters. The molecule has 1 saturated heterocycles. The van der Waals surface area contributed by atoms with Crippen molar-refractivity contribution in [1.82, 2.24) is 29.9 Å². The van der Waals surface area contributed by atoms with E-state index in [1.165, 1.54) is 0 Å². The topological polar surface area (TPSA) is 66.3 Å². The third-order valence-corrected chi connectivity index (χ3v) is 6.88. The van der Waals surface area contributed by atoms with Crippen LogP contribution in [0.2, 0.25) is 0 Å². The molecule has 0 aliphatic carbocycles. The third kappa shape index (κ3) is 5.80. The lowest BCUT2D eigenvalue weighted by molar-refractivity contribution is 0.0953. The highest BCUT2D eigenvalue weighted by atomic mass is 16.1. The van der Waals surface area contributed by atoms with Crippen LogP contribution in [0.4, 0.5) is 0 Å². The van der Waals surface area contributed by atoms with E-state index < -0.39 is 0 Å². The van der Waals surface area contributed by atoms with Gasteiger partial charge in [-0.05, 0) is 38.1 Å². The number of unbranched alkanes of at least 4 members (excludes halogenated alkanes) is 1. The maximum atomic E-state index is 13.3. The summed E-state index contributed by atoms with van der Waals surface area (Å²) in [6, 6.07) is 22.1. The molecule has 1 aliphatic heterocycles. The van der Waals surface area contributed by atoms with Crippen LogP contribution < -0.4 is 5.32 Å². The Hall–Kier alpha value is -3.55. The number of aromatic nitrogens is 3. The lowest BCUT2D eigenvalue weighted by Gasteiger charge is -2.32. The number of nitrogens with zero attached hydrogens (tertiary/aromatic N) is 5. The van der Waals surface area contributed by atoms with Crippen LogP contribution in [0.3, 0.4) is 0 Å². The standard InChI is InChI=1S/C29H34N6O/c1-33-16-18-34(19-17-33)15-9-8-14-30-29(36)25-20-27(24-12-6-3-7-13-24)32-28-26(25)21-31-35(28)22-23-10-4-2-5-11-23/h2-7,10-13,20-21H,8-9,14-19,22H2,1H3,(H,30,36). The SMILES string of the molecule is CN1CCN(CCCCNC(=O)c2cc(-c3ccccc3)nc3c2cnn3Cc2ccccc2)CC1. The van der Waals surface area contributed by atoms with Crippen LogP contribution in [0.25, 0.3) is 22.3 Å². The Kier molecular flexibility index (Phi) is 7.69. The average Bonchev–Trinajstić information content (AvgIpc) is 3.32. The zero-order valence-electron chi connectivity index (χ0n) is 20.9. The lowest BCUT2D eigenvalue weighted by atomic mass is 10.1. The number of hydrogen-bond acceptors (Lipinski definition) is 5. The highest BCUT2D eigenvalue weighted by molar-refractivity contribution is 6.06. The number of benzene rings is 2. The molecule has 3 heterocycles. The Bertz CT molecular complexity index is 1280. The minimum atomic E-state index is -0.0709. The molecule has 0 spiro atoms. The van der Waals surface area contributed by atoms with Crippen molar-refractivity contribution >= 4 is 16.9 Å². The average molecular weight is 483 g/mol. The molecule has 1 fully saturated rings. The molecule has 2 aromatic carbocycles. The van der Waals surface area contributed by atoms with Crippen molar-refractivity contribution in [3.8, 4) is 11.3 Å². The van der Waals surface area contributed by atoms with E-state index in [9.17, 15) is 4.79 Å². The molecule has 1 amide bonds. The summed E-state index contributed by atoms with van der Waals surface area (Å²) in [6.45, 7) is 6.89. The largest absolute Gasteiger partial charge is 0.352 e. The number of piperazine rings is 1. The van der Waals surface area contributed by atoms with Gasteiger partial charge >= 0.3 is 0 Å². The monoisotopic (exact) mass is 482 g/mol. The minimum absolute atomic E-state index is 0.0709. The van der Waals surface area contributed by atoms with Crippen LogP contribution >= 0.6 is 0 Å². The predicted molar refractivity (Wildman–Crippen MR) is 144 cm³/mol. The fourth-order valence-corrected chi connectivity index (χ4v) is 4.69. The van der Waals surface area contributed by atoms with Gasteiger partial charge < -0.3 is 15.1 Å². The van der Waals surface area contributed by atoms with Gasteiger partial charge in [-0.15, -0.1) is 0 Å². The van der Waals surface area contributed by atoms with E-state index in [0.29, 0.717) is 18.7 Å². The van der Waals surface area contributed by atoms with Crippen molar-refractivity contribution in [2.45, 2.75) is 19.4 Å². The predicted octanol–water partition coefficient (Wildman–Crippen LogP) is 3.90. The van der Waals surface area contributed by atoms with E-state index in [1.54, 1.807) is 6.20 Å². The molecule has 1 aliphatic rings. The molecule has 0 bridgehead atoms. The van der Waals surface area contributed by atoms with Gasteiger partial charge in [0.25, 0.3) is 5.91 Å². The van der Waals surface area contributed by atoms with Gasteiger partial charge in [-0.25, -0.2) is 9.67 Å². The molecule has 186 valence electrons. The van der Waals surface area contributed by atoms with Crippen molar-refractivity contribution in [3.05, 3.63) is 84.1 Å². The van der Waals surface area contributed by atoms with E-state index >= 15 is 0 Å². The van der Waals surface area contributed by atoms with Crippen LogP contribution in [0.5, 0.6) is 0 Å². The Balaban J connectivity index is 1.31. The Morgan fingerprint density at radius 3 is 2.42 bits per heavy atom. The Morgan fingerprint density at radius 1 is 0.944 bits per heavy atom. The molecule has 7 nitrogen and oxygen atoms in total. The fraction of sp³-hybridized carbons (Fsp3) is 0.345. The number of carbonyl (C=O) groups excluding carboxylic acids is 1. The minimum Gasteiger partial charge on any atom is -0.352 e. The molecule has 0 radical (unpaired) electrons. The molecule has 36 heavy (non-hydrogen) atoms. The van der Waals surface area contributed by atoms with Gasteiger partial charge in [0.1, 0.15) is 0 Å². The molecule has 7 heteroatoms. The van der Waals surface area contributed by atoms with Crippen molar-refractivity contribution in [2.24, 2.45) is 0 Å². The number of nitrogens with one attached hydrogen (secondary N) is 1. The maximum absolute atomic E-state index is 13.3. The molecule has 1 N–H and O–H groups in total. The Morgan fingerprint density at radius 2 is 1.67 bits per heavy atom. The van der Waals surface area contributed by atoms with Crippen molar-refractivity contribution in [3.63, 3.8) is 0 Å². The number of hydrogen-bond donors (Lipinski definition) is 1. The summed E-state index contributed by atoms with van der Waals surface area (Å²) in [7, 11) is 2.18. The molecule has 0 saturated carbocycles. The molecular formula is C29H34N6O. The molecular weight excluding hydrogens is 448 g/mol. The maximum Gasteiger partial charge on any atom is 0.252 e. The zero-order chi connectivity index (χ0) is 24.7. The first-order valence-electron chi connectivity index (χ1n) is 12.8. The van der Waals surface area contributed by atoms with Crippen molar-refractivity contribution in [1.29, 1.82) is 0 Å². The van der Waals surface area contributed by atoms with Gasteiger partial charge in [0.15, 0.2) is 5.65 Å². The molecule has 2 aromatic heterocycles. The molecule has 0 atom stereocenters. The van der Waals surface area contributed by atoms with Gasteiger partial charge in [0.2, 0.25) is 0 Å². The first-order chi connectivity index (χ1) is 17.7. The van der Waals surface area contributed by atoms with Crippen LogP contribution in [-0.2, 0) is 6.54 Å². The molecule has 5 rings (SSSR count). The number of fused-ring (bicyclic) bond motifs is 1. The van der Waals surface area contributed by atoms with E-state index in [2.05, 4.69) is 39.4 Å². The lowest BCUT2D eigenvalue weighted by Crippen LogP contribution is -2.44. The summed E-state index contributed by atoms with van der Waals surface area (Å²) in [5.41, 5.74) is 4.24. The summed E-state index contributed by atoms with van der Waals surface area (Å²) >= 11 is 0. The van der Waals surface area contributed by atoms with Crippen molar-refractivity contribution in [2.75, 3.05) is 46.3 Å². The fourth-order valence-electron chi connectivity index (χ4n) is 4.69. The summed E-state index contributed by atoms with van der Waals surface area (Å²) in [5.74, 6) is -0.0709. The van der Waals surface area contributed by atoms with Gasteiger partial charge in [-0.2, -0.15) is 5.10 Å². The second kappa shape index (κ2) is 11.5. The molecule has 4 aromatic rings. The van der Waals surface area contributed by atoms with E-state index in [0.717, 1.165) is 73.4 Å². The van der Waals surface area contributed by atoms with Crippen LogP contribution in [0.1, 0.15) is 28.8 Å². The van der Waals surface area contributed by atoms with Gasteiger partial charge in [0, 0.05) is 38.3 Å². The zero-order valence-corrected chi connectivity index (χ0v) is 20.9.